The van der Waals surface area contributed by atoms with E-state index in [9.17, 15) is 4.79 Å². The summed E-state index contributed by atoms with van der Waals surface area (Å²) in [4.78, 5) is 14.9. The molecule has 38 heavy (non-hydrogen) atoms. The van der Waals surface area contributed by atoms with Gasteiger partial charge in [-0.3, -0.25) is 4.79 Å². The second-order valence-electron chi connectivity index (χ2n) is 11.5. The Hall–Kier alpha value is -2.53. The fraction of sp³-hybridized carbons (Fsp3) is 0.273. The van der Waals surface area contributed by atoms with Crippen molar-refractivity contribution in [3.8, 4) is 22.4 Å². The summed E-state index contributed by atoms with van der Waals surface area (Å²) in [7, 11) is 0. The zero-order valence-electron chi connectivity index (χ0n) is 23.5. The Morgan fingerprint density at radius 3 is 2.29 bits per heavy atom. The average molecular weight is 743 g/mol. The Labute approximate surface area is 243 Å². The summed E-state index contributed by atoms with van der Waals surface area (Å²) in [6.45, 7) is 9.75. The Kier molecular flexibility index (Phi) is 8.92. The Morgan fingerprint density at radius 1 is 1.00 bits per heavy atom. The number of hydrogen-bond donors (Lipinski definition) is 1. The van der Waals surface area contributed by atoms with E-state index < -0.39 is 13.3 Å². The van der Waals surface area contributed by atoms with Gasteiger partial charge in [0.25, 0.3) is 0 Å². The summed E-state index contributed by atoms with van der Waals surface area (Å²) in [5, 5.41) is 10.8. The van der Waals surface area contributed by atoms with Crippen molar-refractivity contribution in [3.05, 3.63) is 95.4 Å². The summed E-state index contributed by atoms with van der Waals surface area (Å²) >= 11 is -1.91. The molecule has 1 aliphatic rings. The number of carbonyl (C=O) groups excluding carboxylic acids is 1. The van der Waals surface area contributed by atoms with Crippen molar-refractivity contribution in [1.82, 2.24) is 4.98 Å². The van der Waals surface area contributed by atoms with Gasteiger partial charge < -0.3 is 5.11 Å². The number of pyridine rings is 1. The third-order valence-electron chi connectivity index (χ3n) is 7.07. The molecular formula is C33H36GeIrNO2-. The molecule has 0 saturated carbocycles. The molecule has 3 aromatic carbocycles. The number of aliphatic hydroxyl groups excluding tert-OH is 1. The molecule has 5 rings (SSSR count). The molecule has 0 atom stereocenters. The minimum atomic E-state index is -1.91. The number of carbonyl (C=O) groups is 1. The van der Waals surface area contributed by atoms with E-state index in [-0.39, 0.29) is 37.1 Å². The van der Waals surface area contributed by atoms with Crippen molar-refractivity contribution >= 4 is 34.2 Å². The Balaban J connectivity index is 0.000000444. The van der Waals surface area contributed by atoms with Crippen molar-refractivity contribution in [3.63, 3.8) is 0 Å². The van der Waals surface area contributed by atoms with Gasteiger partial charge in [0.15, 0.2) is 5.78 Å². The molecule has 0 fully saturated rings. The largest absolute Gasteiger partial charge is 0 e. The monoisotopic (exact) mass is 745 g/mol. The van der Waals surface area contributed by atoms with Crippen LogP contribution < -0.4 is 4.40 Å². The predicted molar refractivity (Wildman–Crippen MR) is 158 cm³/mol. The van der Waals surface area contributed by atoms with E-state index in [1.54, 1.807) is 4.40 Å². The number of aryl methyl sites for hydroxylation is 1. The maximum Gasteiger partial charge on any atom is 0 e. The number of hydrogen-bond acceptors (Lipinski definition) is 3. The molecule has 0 bridgehead atoms. The molecule has 4 aromatic rings. The first-order valence-electron chi connectivity index (χ1n) is 12.8. The van der Waals surface area contributed by atoms with Gasteiger partial charge in [0.05, 0.1) is 5.76 Å². The van der Waals surface area contributed by atoms with Crippen LogP contribution in [0.25, 0.3) is 33.2 Å². The number of fused-ring (bicyclic) bond motifs is 4. The van der Waals surface area contributed by atoms with Crippen LogP contribution in [0.5, 0.6) is 0 Å². The van der Waals surface area contributed by atoms with Crippen molar-refractivity contribution in [2.45, 2.75) is 57.3 Å². The molecule has 5 heteroatoms. The van der Waals surface area contributed by atoms with Gasteiger partial charge in [-0.05, 0) is 13.8 Å². The number of rotatable bonds is 3. The van der Waals surface area contributed by atoms with E-state index in [2.05, 4.69) is 98.7 Å². The summed E-state index contributed by atoms with van der Waals surface area (Å²) in [6, 6.07) is 23.8. The van der Waals surface area contributed by atoms with E-state index in [1.807, 2.05) is 6.20 Å². The standard InChI is InChI=1S/C28H28GeN.C5H8O2.Ir/c1-18-15-20(16-19-9-7-8-10-22(18)19)27-26-24(13-14-30-27)23-12-11-21(29(4,5)6)17-25(23)28(26,2)3;1-4(6)3-5(2)7;/h7-15,17H,1-6H3;3,6H,1-2H3;/q-1;;/b;4-3-;. The van der Waals surface area contributed by atoms with Gasteiger partial charge in [-0.25, -0.2) is 0 Å². The van der Waals surface area contributed by atoms with Crippen LogP contribution in [0.15, 0.2) is 72.6 Å². The molecule has 1 heterocycles. The van der Waals surface area contributed by atoms with Gasteiger partial charge in [0, 0.05) is 26.2 Å². The molecule has 1 aromatic heterocycles. The first kappa shape index (κ1) is 30.0. The average Bonchev–Trinajstić information content (AvgIpc) is 3.05. The molecule has 1 N–H and O–H groups in total. The van der Waals surface area contributed by atoms with Gasteiger partial charge in [0.2, 0.25) is 0 Å². The number of benzene rings is 3. The van der Waals surface area contributed by atoms with Crippen LogP contribution in [-0.4, -0.2) is 29.1 Å². The van der Waals surface area contributed by atoms with Crippen LogP contribution in [0, 0.1) is 13.0 Å². The molecule has 0 amide bonds. The molecule has 0 unspecified atom stereocenters. The minimum Gasteiger partial charge on any atom is 0 e. The molecule has 199 valence electrons. The van der Waals surface area contributed by atoms with Crippen LogP contribution in [0.4, 0.5) is 0 Å². The Morgan fingerprint density at radius 2 is 1.68 bits per heavy atom. The van der Waals surface area contributed by atoms with E-state index in [0.29, 0.717) is 0 Å². The third kappa shape index (κ3) is 5.88. The summed E-state index contributed by atoms with van der Waals surface area (Å²) in [6.07, 6.45) is 3.13. The van der Waals surface area contributed by atoms with E-state index in [4.69, 9.17) is 10.1 Å². The van der Waals surface area contributed by atoms with Crippen molar-refractivity contribution in [2.75, 3.05) is 0 Å². The molecule has 0 aliphatic heterocycles. The van der Waals surface area contributed by atoms with Crippen LogP contribution >= 0.6 is 0 Å². The molecule has 0 saturated heterocycles. The van der Waals surface area contributed by atoms with E-state index >= 15 is 0 Å². The maximum atomic E-state index is 10.0. The Bertz CT molecular complexity index is 1540. The predicted octanol–water partition coefficient (Wildman–Crippen LogP) is 7.90. The quantitative estimate of drug-likeness (QED) is 0.101. The smallest absolute Gasteiger partial charge is 0 e. The van der Waals surface area contributed by atoms with Crippen molar-refractivity contribution in [2.24, 2.45) is 0 Å². The summed E-state index contributed by atoms with van der Waals surface area (Å²) in [5.41, 5.74) is 8.84. The first-order valence-corrected chi connectivity index (χ1v) is 20.1. The number of ketones is 1. The van der Waals surface area contributed by atoms with Gasteiger partial charge in [0.1, 0.15) is 0 Å². The molecule has 3 nitrogen and oxygen atoms in total. The van der Waals surface area contributed by atoms with E-state index in [1.165, 1.54) is 53.1 Å². The SMILES string of the molecule is CC(=O)/C=C(/C)O.Cc1cc(-c2nccc3c2C(C)(C)c2c[c]([Ge]([CH3])([CH3])[CH3])ccc2-3)[c-]c2ccccc12.[Ir]. The maximum absolute atomic E-state index is 10.0. The van der Waals surface area contributed by atoms with Crippen LogP contribution in [0.1, 0.15) is 44.4 Å². The zero-order valence-corrected chi connectivity index (χ0v) is 28.0. The van der Waals surface area contributed by atoms with Crippen LogP contribution in [0.2, 0.25) is 17.3 Å². The summed E-state index contributed by atoms with van der Waals surface area (Å²) < 4.78 is 1.57. The molecular weight excluding hydrogens is 707 g/mol. The van der Waals surface area contributed by atoms with Gasteiger partial charge in [-0.15, -0.1) is 0 Å². The number of nitrogens with zero attached hydrogens (tertiary/aromatic N) is 1. The fourth-order valence-electron chi connectivity index (χ4n) is 5.25. The van der Waals surface area contributed by atoms with Crippen LogP contribution in [0.3, 0.4) is 0 Å². The molecule has 1 aliphatic carbocycles. The second-order valence-corrected chi connectivity index (χ2v) is 22.2. The first-order chi connectivity index (χ1) is 17.3. The van der Waals surface area contributed by atoms with Crippen molar-refractivity contribution < 1.29 is 30.0 Å². The normalized spacial score (nSPS) is 13.6. The fourth-order valence-corrected chi connectivity index (χ4v) is 7.69. The van der Waals surface area contributed by atoms with Crippen LogP contribution in [-0.2, 0) is 30.3 Å². The van der Waals surface area contributed by atoms with Gasteiger partial charge in [-0.2, -0.15) is 0 Å². The zero-order chi connectivity index (χ0) is 27.1. The van der Waals surface area contributed by atoms with Gasteiger partial charge >= 0.3 is 183 Å². The third-order valence-corrected chi connectivity index (χ3v) is 11.4. The minimum absolute atomic E-state index is 0. The molecule has 1 radical (unpaired) electrons. The van der Waals surface area contributed by atoms with Gasteiger partial charge in [-0.1, -0.05) is 0 Å². The molecule has 0 spiro atoms. The second kappa shape index (κ2) is 11.3. The number of aliphatic hydroxyl groups is 1. The topological polar surface area (TPSA) is 50.2 Å². The number of aromatic nitrogens is 1. The van der Waals surface area contributed by atoms with Crippen molar-refractivity contribution in [1.29, 1.82) is 0 Å². The number of allylic oxidation sites excluding steroid dienone is 2. The van der Waals surface area contributed by atoms with E-state index in [0.717, 1.165) is 16.6 Å². The summed E-state index contributed by atoms with van der Waals surface area (Å²) in [5.74, 6) is 7.34.